The van der Waals surface area contributed by atoms with Crippen LogP contribution in [0.4, 0.5) is 0 Å². The van der Waals surface area contributed by atoms with Crippen molar-refractivity contribution in [3.8, 4) is 0 Å². The van der Waals surface area contributed by atoms with Gasteiger partial charge in [0.1, 0.15) is 4.90 Å². The first-order valence-corrected chi connectivity index (χ1v) is 9.76. The van der Waals surface area contributed by atoms with Crippen LogP contribution in [-0.2, 0) is 10.0 Å². The van der Waals surface area contributed by atoms with E-state index in [4.69, 9.17) is 0 Å². The maximum absolute atomic E-state index is 12.9. The molecule has 0 radical (unpaired) electrons. The summed E-state index contributed by atoms with van der Waals surface area (Å²) in [5.74, 6) is 0. The van der Waals surface area contributed by atoms with Crippen LogP contribution in [0.25, 0.3) is 0 Å². The molecule has 0 bridgehead atoms. The third kappa shape index (κ3) is 3.50. The van der Waals surface area contributed by atoms with Gasteiger partial charge in [-0.25, -0.2) is 8.42 Å². The molecule has 6 heteroatoms. The average molecular weight is 323 g/mol. The van der Waals surface area contributed by atoms with E-state index in [-0.39, 0.29) is 6.04 Å². The summed E-state index contributed by atoms with van der Waals surface area (Å²) in [6.45, 7) is 4.00. The predicted molar refractivity (Wildman–Crippen MR) is 86.1 cm³/mol. The Labute approximate surface area is 133 Å². The number of likely N-dealkylation sites (tertiary alicyclic amines) is 1. The van der Waals surface area contributed by atoms with Crippen molar-refractivity contribution in [3.63, 3.8) is 0 Å². The molecule has 0 N–H and O–H groups in total. The van der Waals surface area contributed by atoms with Crippen molar-refractivity contribution in [2.75, 3.05) is 26.2 Å². The van der Waals surface area contributed by atoms with Crippen LogP contribution in [0.5, 0.6) is 0 Å². The molecule has 2 fully saturated rings. The van der Waals surface area contributed by atoms with Gasteiger partial charge in [0.05, 0.1) is 0 Å². The first kappa shape index (κ1) is 15.9. The average Bonchev–Trinajstić information content (AvgIpc) is 3.07. The zero-order valence-electron chi connectivity index (χ0n) is 13.0. The Morgan fingerprint density at radius 3 is 2.64 bits per heavy atom. The van der Waals surface area contributed by atoms with Crippen LogP contribution in [0.2, 0.25) is 0 Å². The second-order valence-corrected chi connectivity index (χ2v) is 8.18. The zero-order valence-corrected chi connectivity index (χ0v) is 13.8. The fourth-order valence-electron chi connectivity index (χ4n) is 3.55. The molecule has 0 spiro atoms. The standard InChI is InChI=1S/C16H25N3O2S/c20-22(21,16-7-5-9-17-14-16)19-12-2-1-6-15(19)8-13-18-10-3-4-11-18/h5,7,9,14-15H,1-4,6,8,10-13H2/t15-/m0/s1. The fourth-order valence-corrected chi connectivity index (χ4v) is 5.24. The number of piperidine rings is 1. The normalized spacial score (nSPS) is 24.6. The van der Waals surface area contributed by atoms with Gasteiger partial charge < -0.3 is 4.90 Å². The van der Waals surface area contributed by atoms with Gasteiger partial charge in [-0.05, 0) is 63.9 Å². The molecule has 2 saturated heterocycles. The van der Waals surface area contributed by atoms with Crippen molar-refractivity contribution in [2.45, 2.75) is 49.5 Å². The van der Waals surface area contributed by atoms with E-state index in [2.05, 4.69) is 9.88 Å². The van der Waals surface area contributed by atoms with Gasteiger partial charge in [-0.1, -0.05) is 6.42 Å². The first-order chi connectivity index (χ1) is 10.7. The van der Waals surface area contributed by atoms with Gasteiger partial charge >= 0.3 is 0 Å². The molecule has 2 aliphatic heterocycles. The Morgan fingerprint density at radius 2 is 1.91 bits per heavy atom. The maximum atomic E-state index is 12.9. The minimum atomic E-state index is -3.40. The zero-order chi connectivity index (χ0) is 15.4. The van der Waals surface area contributed by atoms with Crippen LogP contribution in [0.1, 0.15) is 38.5 Å². The third-order valence-electron chi connectivity index (χ3n) is 4.79. The molecule has 0 amide bonds. The van der Waals surface area contributed by atoms with E-state index in [1.807, 2.05) is 0 Å². The van der Waals surface area contributed by atoms with Crippen LogP contribution < -0.4 is 0 Å². The van der Waals surface area contributed by atoms with Crippen molar-refractivity contribution in [2.24, 2.45) is 0 Å². The predicted octanol–water partition coefficient (Wildman–Crippen LogP) is 2.11. The molecule has 0 unspecified atom stereocenters. The van der Waals surface area contributed by atoms with Crippen molar-refractivity contribution >= 4 is 10.0 Å². The van der Waals surface area contributed by atoms with Gasteiger partial charge in [0.25, 0.3) is 0 Å². The summed E-state index contributed by atoms with van der Waals surface area (Å²) in [6.07, 6.45) is 9.64. The van der Waals surface area contributed by atoms with E-state index in [1.54, 1.807) is 22.6 Å². The second kappa shape index (κ2) is 7.06. The highest BCUT2D eigenvalue weighted by atomic mass is 32.2. The SMILES string of the molecule is O=S(=O)(c1cccnc1)N1CCCC[C@H]1CCN1CCCC1. The van der Waals surface area contributed by atoms with E-state index in [1.165, 1.54) is 32.1 Å². The molecule has 2 aliphatic rings. The van der Waals surface area contributed by atoms with E-state index in [9.17, 15) is 8.42 Å². The molecule has 3 heterocycles. The first-order valence-electron chi connectivity index (χ1n) is 8.32. The highest BCUT2D eigenvalue weighted by Gasteiger charge is 2.33. The van der Waals surface area contributed by atoms with Crippen LogP contribution in [0.3, 0.4) is 0 Å². The molecule has 1 atom stereocenters. The van der Waals surface area contributed by atoms with Gasteiger partial charge in [-0.15, -0.1) is 0 Å². The van der Waals surface area contributed by atoms with Crippen LogP contribution >= 0.6 is 0 Å². The van der Waals surface area contributed by atoms with E-state index < -0.39 is 10.0 Å². The van der Waals surface area contributed by atoms with E-state index in [0.717, 1.165) is 32.2 Å². The van der Waals surface area contributed by atoms with Crippen molar-refractivity contribution in [1.29, 1.82) is 0 Å². The number of nitrogens with zero attached hydrogens (tertiary/aromatic N) is 3. The van der Waals surface area contributed by atoms with Gasteiger partial charge in [0.15, 0.2) is 0 Å². The smallest absolute Gasteiger partial charge is 0.244 e. The van der Waals surface area contributed by atoms with Gasteiger partial charge in [-0.3, -0.25) is 4.98 Å². The molecule has 5 nitrogen and oxygen atoms in total. The number of sulfonamides is 1. The quantitative estimate of drug-likeness (QED) is 0.833. The highest BCUT2D eigenvalue weighted by Crippen LogP contribution is 2.27. The van der Waals surface area contributed by atoms with E-state index in [0.29, 0.717) is 11.4 Å². The molecular formula is C16H25N3O2S. The lowest BCUT2D eigenvalue weighted by molar-refractivity contribution is 0.213. The topological polar surface area (TPSA) is 53.5 Å². The van der Waals surface area contributed by atoms with Crippen LogP contribution in [0.15, 0.2) is 29.4 Å². The number of pyridine rings is 1. The Hall–Kier alpha value is -0.980. The number of hydrogen-bond donors (Lipinski definition) is 0. The number of aromatic nitrogens is 1. The fraction of sp³-hybridized carbons (Fsp3) is 0.688. The minimum Gasteiger partial charge on any atom is -0.303 e. The Kier molecular flexibility index (Phi) is 5.10. The lowest BCUT2D eigenvalue weighted by atomic mass is 10.0. The Balaban J connectivity index is 1.71. The molecule has 3 rings (SSSR count). The largest absolute Gasteiger partial charge is 0.303 e. The summed E-state index contributed by atoms with van der Waals surface area (Å²) in [7, 11) is -3.40. The Morgan fingerprint density at radius 1 is 1.14 bits per heavy atom. The van der Waals surface area contributed by atoms with Crippen LogP contribution in [0, 0.1) is 0 Å². The summed E-state index contributed by atoms with van der Waals surface area (Å²) in [5, 5.41) is 0. The summed E-state index contributed by atoms with van der Waals surface area (Å²) >= 11 is 0. The maximum Gasteiger partial charge on any atom is 0.244 e. The highest BCUT2D eigenvalue weighted by molar-refractivity contribution is 7.89. The van der Waals surface area contributed by atoms with Gasteiger partial charge in [0, 0.05) is 25.0 Å². The van der Waals surface area contributed by atoms with Crippen molar-refractivity contribution < 1.29 is 8.42 Å². The number of rotatable bonds is 5. The second-order valence-electron chi connectivity index (χ2n) is 6.29. The lowest BCUT2D eigenvalue weighted by Crippen LogP contribution is -2.45. The number of hydrogen-bond acceptors (Lipinski definition) is 4. The minimum absolute atomic E-state index is 0.138. The summed E-state index contributed by atoms with van der Waals surface area (Å²) < 4.78 is 27.5. The molecule has 122 valence electrons. The molecule has 1 aromatic rings. The summed E-state index contributed by atoms with van der Waals surface area (Å²) in [5.41, 5.74) is 0. The molecule has 0 saturated carbocycles. The van der Waals surface area contributed by atoms with Crippen molar-refractivity contribution in [3.05, 3.63) is 24.5 Å². The van der Waals surface area contributed by atoms with Crippen molar-refractivity contribution in [1.82, 2.24) is 14.2 Å². The third-order valence-corrected chi connectivity index (χ3v) is 6.73. The van der Waals surface area contributed by atoms with E-state index >= 15 is 0 Å². The monoisotopic (exact) mass is 323 g/mol. The lowest BCUT2D eigenvalue weighted by Gasteiger charge is -2.35. The molecule has 0 aliphatic carbocycles. The van der Waals surface area contributed by atoms with Gasteiger partial charge in [0.2, 0.25) is 10.0 Å². The Bertz CT molecular complexity index is 570. The molecule has 0 aromatic carbocycles. The summed E-state index contributed by atoms with van der Waals surface area (Å²) in [6, 6.07) is 3.48. The molecule has 1 aromatic heterocycles. The summed E-state index contributed by atoms with van der Waals surface area (Å²) in [4.78, 5) is 6.75. The van der Waals surface area contributed by atoms with Gasteiger partial charge in [-0.2, -0.15) is 4.31 Å². The molecule has 22 heavy (non-hydrogen) atoms. The molecular weight excluding hydrogens is 298 g/mol. The van der Waals surface area contributed by atoms with Crippen LogP contribution in [-0.4, -0.2) is 54.8 Å².